The van der Waals surface area contributed by atoms with Gasteiger partial charge >= 0.3 is 0 Å². The van der Waals surface area contributed by atoms with E-state index in [0.717, 1.165) is 48.2 Å². The zero-order valence-electron chi connectivity index (χ0n) is 19.4. The Morgan fingerprint density at radius 2 is 1.79 bits per heavy atom. The van der Waals surface area contributed by atoms with E-state index in [1.54, 1.807) is 6.08 Å². The van der Waals surface area contributed by atoms with Gasteiger partial charge in [-0.25, -0.2) is 4.68 Å². The van der Waals surface area contributed by atoms with Gasteiger partial charge in [0, 0.05) is 36.3 Å². The van der Waals surface area contributed by atoms with Crippen LogP contribution in [0, 0.1) is 0 Å². The summed E-state index contributed by atoms with van der Waals surface area (Å²) in [4.78, 5) is 17.1. The lowest BCUT2D eigenvalue weighted by Gasteiger charge is -2.34. The number of nitrogens with zero attached hydrogens (tertiary/aromatic N) is 4. The molecule has 1 fully saturated rings. The van der Waals surface area contributed by atoms with Gasteiger partial charge in [0.05, 0.1) is 5.69 Å². The van der Waals surface area contributed by atoms with Gasteiger partial charge in [0.15, 0.2) is 5.76 Å². The third kappa shape index (κ3) is 4.93. The Morgan fingerprint density at radius 3 is 2.53 bits per heavy atom. The zero-order valence-corrected chi connectivity index (χ0v) is 20.2. The Morgan fingerprint density at radius 1 is 1.09 bits per heavy atom. The van der Waals surface area contributed by atoms with Crippen LogP contribution in [0.15, 0.2) is 77.4 Å². The van der Waals surface area contributed by atoms with E-state index in [4.69, 9.17) is 9.52 Å². The Hall–Kier alpha value is -3.35. The Labute approximate surface area is 205 Å². The Balaban J connectivity index is 0.00000274. The normalized spacial score (nSPS) is 15.0. The largest absolute Gasteiger partial charge is 0.454 e. The number of carbonyl (C=O) groups excluding carboxylic acids is 1. The molecule has 0 spiro atoms. The number of likely N-dealkylation sites (tertiary alicyclic amines) is 1. The van der Waals surface area contributed by atoms with Crippen molar-refractivity contribution >= 4 is 35.4 Å². The van der Waals surface area contributed by atoms with Crippen molar-refractivity contribution in [3.05, 3.63) is 78.5 Å². The SMILES string of the molecule is CN1CCC(N(C)C(=O)C=Cc2cn(-c3ccccc3)nc2-c2cc3ccccc3o2)CC1.Cl. The number of piperidine rings is 1. The molecule has 0 aliphatic carbocycles. The van der Waals surface area contributed by atoms with Gasteiger partial charge in [0.2, 0.25) is 5.91 Å². The molecule has 0 saturated carbocycles. The number of benzene rings is 2. The summed E-state index contributed by atoms with van der Waals surface area (Å²) in [6.07, 6.45) is 7.45. The van der Waals surface area contributed by atoms with Crippen LogP contribution in [-0.4, -0.2) is 58.7 Å². The first kappa shape index (κ1) is 23.8. The van der Waals surface area contributed by atoms with E-state index in [1.807, 2.05) is 89.6 Å². The van der Waals surface area contributed by atoms with Crippen molar-refractivity contribution in [2.24, 2.45) is 0 Å². The van der Waals surface area contributed by atoms with Crippen LogP contribution >= 0.6 is 12.4 Å². The van der Waals surface area contributed by atoms with Crippen molar-refractivity contribution < 1.29 is 9.21 Å². The molecule has 1 amide bonds. The molecule has 1 aliphatic heterocycles. The molecule has 0 radical (unpaired) electrons. The average molecular weight is 477 g/mol. The average Bonchev–Trinajstić information content (AvgIpc) is 3.47. The van der Waals surface area contributed by atoms with E-state index in [0.29, 0.717) is 11.5 Å². The van der Waals surface area contributed by atoms with Gasteiger partial charge in [-0.05, 0) is 63.3 Å². The summed E-state index contributed by atoms with van der Waals surface area (Å²) in [5, 5.41) is 5.83. The number of rotatable bonds is 5. The minimum atomic E-state index is 0. The summed E-state index contributed by atoms with van der Waals surface area (Å²) in [7, 11) is 4.03. The molecule has 0 N–H and O–H groups in total. The molecular formula is C27H29ClN4O2. The van der Waals surface area contributed by atoms with Crippen LogP contribution in [0.5, 0.6) is 0 Å². The zero-order chi connectivity index (χ0) is 22.8. The van der Waals surface area contributed by atoms with Gasteiger partial charge in [-0.3, -0.25) is 4.79 Å². The second-order valence-electron chi connectivity index (χ2n) is 8.68. The lowest BCUT2D eigenvalue weighted by molar-refractivity contribution is -0.127. The maximum absolute atomic E-state index is 12.9. The first-order valence-electron chi connectivity index (χ1n) is 11.4. The molecule has 6 nitrogen and oxygen atoms in total. The van der Waals surface area contributed by atoms with Gasteiger partial charge in [0.25, 0.3) is 0 Å². The number of carbonyl (C=O) groups is 1. The van der Waals surface area contributed by atoms with E-state index < -0.39 is 0 Å². The number of hydrogen-bond donors (Lipinski definition) is 0. The van der Waals surface area contributed by atoms with Crippen molar-refractivity contribution in [3.63, 3.8) is 0 Å². The molecule has 1 saturated heterocycles. The molecule has 2 aromatic carbocycles. The first-order chi connectivity index (χ1) is 16.1. The second-order valence-corrected chi connectivity index (χ2v) is 8.68. The van der Waals surface area contributed by atoms with Crippen LogP contribution in [0.2, 0.25) is 0 Å². The molecule has 1 aliphatic rings. The summed E-state index contributed by atoms with van der Waals surface area (Å²) in [6, 6.07) is 20.1. The summed E-state index contributed by atoms with van der Waals surface area (Å²) >= 11 is 0. The van der Waals surface area contributed by atoms with Crippen molar-refractivity contribution in [1.82, 2.24) is 19.6 Å². The van der Waals surface area contributed by atoms with Crippen LogP contribution in [0.3, 0.4) is 0 Å². The number of likely N-dealkylation sites (N-methyl/N-ethyl adjacent to an activating group) is 1. The number of halogens is 1. The lowest BCUT2D eigenvalue weighted by Crippen LogP contribution is -2.43. The van der Waals surface area contributed by atoms with Crippen LogP contribution < -0.4 is 0 Å². The first-order valence-corrected chi connectivity index (χ1v) is 11.4. The fourth-order valence-electron chi connectivity index (χ4n) is 4.35. The fraction of sp³-hybridized carbons (Fsp3) is 0.259. The fourth-order valence-corrected chi connectivity index (χ4v) is 4.35. The van der Waals surface area contributed by atoms with E-state index in [1.165, 1.54) is 0 Å². The highest BCUT2D eigenvalue weighted by Gasteiger charge is 2.23. The van der Waals surface area contributed by atoms with E-state index >= 15 is 0 Å². The monoisotopic (exact) mass is 476 g/mol. The van der Waals surface area contributed by atoms with Gasteiger partial charge < -0.3 is 14.2 Å². The number of para-hydroxylation sites is 2. The predicted octanol–water partition coefficient (Wildman–Crippen LogP) is 5.27. The molecule has 3 heterocycles. The topological polar surface area (TPSA) is 54.5 Å². The van der Waals surface area contributed by atoms with Crippen molar-refractivity contribution in [2.75, 3.05) is 27.2 Å². The molecule has 34 heavy (non-hydrogen) atoms. The lowest BCUT2D eigenvalue weighted by atomic mass is 10.0. The summed E-state index contributed by atoms with van der Waals surface area (Å²) in [5.41, 5.74) is 3.31. The summed E-state index contributed by atoms with van der Waals surface area (Å²) < 4.78 is 7.92. The standard InChI is InChI=1S/C27H28N4O2.ClH/c1-29-16-14-22(15-17-29)30(2)26(32)13-12-21-19-31(23-9-4-3-5-10-23)28-27(21)25-18-20-8-6-7-11-24(20)33-25;/h3-13,18-19,22H,14-17H2,1-2H3;1H. The molecule has 0 unspecified atom stereocenters. The quantitative estimate of drug-likeness (QED) is 0.368. The molecule has 176 valence electrons. The summed E-state index contributed by atoms with van der Waals surface area (Å²) in [6.45, 7) is 2.04. The number of hydrogen-bond acceptors (Lipinski definition) is 4. The maximum atomic E-state index is 12.9. The molecule has 0 atom stereocenters. The predicted molar refractivity (Wildman–Crippen MR) is 138 cm³/mol. The van der Waals surface area contributed by atoms with Crippen molar-refractivity contribution in [3.8, 4) is 17.1 Å². The van der Waals surface area contributed by atoms with E-state index in [2.05, 4.69) is 11.9 Å². The summed E-state index contributed by atoms with van der Waals surface area (Å²) in [5.74, 6) is 0.689. The van der Waals surface area contributed by atoms with Gasteiger partial charge in [-0.1, -0.05) is 36.4 Å². The minimum absolute atomic E-state index is 0. The van der Waals surface area contributed by atoms with Crippen molar-refractivity contribution in [2.45, 2.75) is 18.9 Å². The van der Waals surface area contributed by atoms with Gasteiger partial charge in [-0.2, -0.15) is 5.10 Å². The Bertz CT molecular complexity index is 1250. The van der Waals surface area contributed by atoms with Crippen LogP contribution in [0.4, 0.5) is 0 Å². The Kier molecular flexibility index (Phi) is 7.20. The molecule has 0 bridgehead atoms. The number of furan rings is 1. The van der Waals surface area contributed by atoms with Gasteiger partial charge in [0.1, 0.15) is 11.3 Å². The molecule has 4 aromatic rings. The number of aromatic nitrogens is 2. The third-order valence-electron chi connectivity index (χ3n) is 6.41. The highest BCUT2D eigenvalue weighted by Crippen LogP contribution is 2.30. The smallest absolute Gasteiger partial charge is 0.246 e. The third-order valence-corrected chi connectivity index (χ3v) is 6.41. The highest BCUT2D eigenvalue weighted by atomic mass is 35.5. The number of fused-ring (bicyclic) bond motifs is 1. The molecule has 5 rings (SSSR count). The van der Waals surface area contributed by atoms with E-state index in [9.17, 15) is 4.79 Å². The van der Waals surface area contributed by atoms with Crippen LogP contribution in [-0.2, 0) is 4.79 Å². The molecular weight excluding hydrogens is 448 g/mol. The number of amides is 1. The molecule has 7 heteroatoms. The highest BCUT2D eigenvalue weighted by molar-refractivity contribution is 5.93. The van der Waals surface area contributed by atoms with Crippen LogP contribution in [0.25, 0.3) is 34.2 Å². The van der Waals surface area contributed by atoms with Crippen LogP contribution in [0.1, 0.15) is 18.4 Å². The molecule has 2 aromatic heterocycles. The minimum Gasteiger partial charge on any atom is -0.454 e. The maximum Gasteiger partial charge on any atom is 0.246 e. The van der Waals surface area contributed by atoms with Crippen molar-refractivity contribution in [1.29, 1.82) is 0 Å². The van der Waals surface area contributed by atoms with Gasteiger partial charge in [-0.15, -0.1) is 12.4 Å². The second kappa shape index (κ2) is 10.3. The van der Waals surface area contributed by atoms with E-state index in [-0.39, 0.29) is 24.4 Å².